The smallest absolute Gasteiger partial charge is 1.00 e. The van der Waals surface area contributed by atoms with Crippen molar-refractivity contribution in [3.8, 4) is 0 Å². The van der Waals surface area contributed by atoms with Crippen molar-refractivity contribution in [2.75, 3.05) is 26.9 Å². The molecule has 0 spiro atoms. The van der Waals surface area contributed by atoms with Crippen molar-refractivity contribution in [3.05, 3.63) is 0 Å². The minimum absolute atomic E-state index is 0. The zero-order chi connectivity index (χ0) is 45.4. The third-order valence-corrected chi connectivity index (χ3v) is 23.2. The number of aliphatic hydroxyl groups is 3. The summed E-state index contributed by atoms with van der Waals surface area (Å²) in [6.45, 7) is 22.0. The minimum Gasteiger partial charge on any atom is -1.00 e. The summed E-state index contributed by atoms with van der Waals surface area (Å²) in [7, 11) is 1.50. The van der Waals surface area contributed by atoms with E-state index in [9.17, 15) is 20.1 Å². The Labute approximate surface area is 424 Å². The molecule has 1 heterocycles. The van der Waals surface area contributed by atoms with Gasteiger partial charge in [0.1, 0.15) is 0 Å². The molecule has 0 radical (unpaired) electrons. The van der Waals surface area contributed by atoms with E-state index >= 15 is 0 Å². The molecule has 9 rings (SSSR count). The molecule has 0 bridgehead atoms. The van der Waals surface area contributed by atoms with Crippen LogP contribution in [0.1, 0.15) is 224 Å². The van der Waals surface area contributed by atoms with Crippen LogP contribution in [0.5, 0.6) is 0 Å². The van der Waals surface area contributed by atoms with Crippen LogP contribution in [0.15, 0.2) is 0 Å². The molecule has 9 fully saturated rings. The maximum absolute atomic E-state index is 11.7. The average Bonchev–Trinajstić information content (AvgIpc) is 4.06. The van der Waals surface area contributed by atoms with Crippen LogP contribution < -0.4 is 18.9 Å². The summed E-state index contributed by atoms with van der Waals surface area (Å²) in [5.74, 6) is 9.79. The molecule has 0 aromatic rings. The van der Waals surface area contributed by atoms with Gasteiger partial charge in [-0.2, -0.15) is 0 Å². The number of methoxy groups -OCH3 is 1. The summed E-state index contributed by atoms with van der Waals surface area (Å²) < 4.78 is 9.84. The first-order chi connectivity index (χ1) is 29.9. The largest absolute Gasteiger partial charge is 1.00 e. The predicted molar refractivity (Wildman–Crippen MR) is 268 cm³/mol. The van der Waals surface area contributed by atoms with Crippen LogP contribution in [-0.2, 0) is 14.3 Å². The molecule has 3 N–H and O–H groups in total. The van der Waals surface area contributed by atoms with Crippen LogP contribution in [0.2, 0.25) is 0 Å². The Kier molecular flexibility index (Phi) is 19.8. The number of hydrogen-bond acceptors (Lipinski definition) is 6. The second-order valence-corrected chi connectivity index (χ2v) is 25.6. The molecule has 1 saturated heterocycles. The minimum atomic E-state index is -0.395. The molecule has 8 heteroatoms. The Morgan fingerprint density at radius 1 is 0.631 bits per heavy atom. The first kappa shape index (κ1) is 56.4. The molecule has 0 amide bonds. The van der Waals surface area contributed by atoms with Crippen LogP contribution >= 0.6 is 0 Å². The van der Waals surface area contributed by atoms with Gasteiger partial charge in [0.25, 0.3) is 0 Å². The first-order valence-electron chi connectivity index (χ1n) is 27.6. The van der Waals surface area contributed by atoms with Gasteiger partial charge in [0.15, 0.2) is 17.4 Å². The van der Waals surface area contributed by atoms with Gasteiger partial charge in [0.05, 0.1) is 18.3 Å². The molecule has 6 nitrogen and oxygen atoms in total. The van der Waals surface area contributed by atoms with Gasteiger partial charge in [0, 0.05) is 26.2 Å². The zero-order valence-corrected chi connectivity index (χ0v) is 43.5. The third kappa shape index (κ3) is 11.1. The van der Waals surface area contributed by atoms with Crippen molar-refractivity contribution in [1.82, 2.24) is 0 Å². The molecule has 9 aliphatic rings. The number of rotatable bonds is 10. The average molecular weight is 919 g/mol. The van der Waals surface area contributed by atoms with E-state index in [0.717, 1.165) is 130 Å². The summed E-state index contributed by atoms with van der Waals surface area (Å²) in [4.78, 5) is 11.7. The molecular formula is C57H104AlLiO6. The van der Waals surface area contributed by atoms with Crippen molar-refractivity contribution in [2.24, 2.45) is 92.7 Å². The molecule has 18 atom stereocenters. The Morgan fingerprint density at radius 2 is 1.06 bits per heavy atom. The van der Waals surface area contributed by atoms with E-state index in [1.165, 1.54) is 116 Å². The van der Waals surface area contributed by atoms with Crippen molar-refractivity contribution in [3.63, 3.8) is 0 Å². The van der Waals surface area contributed by atoms with Gasteiger partial charge in [-0.1, -0.05) is 55.4 Å². The number of aliphatic hydroxyl groups excluding tert-OH is 1. The van der Waals surface area contributed by atoms with Gasteiger partial charge in [0.2, 0.25) is 0 Å². The Balaban J connectivity index is 0.000000250. The number of esters is 1. The molecule has 0 aromatic heterocycles. The number of fused-ring (bicyclic) bond motifs is 10. The number of hydrogen-bond donors (Lipinski definition) is 3. The van der Waals surface area contributed by atoms with Gasteiger partial charge < -0.3 is 26.2 Å². The fourth-order valence-corrected chi connectivity index (χ4v) is 19.0. The topological polar surface area (TPSA) is 96.2 Å². The van der Waals surface area contributed by atoms with E-state index in [2.05, 4.69) is 55.4 Å². The van der Waals surface area contributed by atoms with Crippen molar-refractivity contribution < 1.29 is 49.9 Å². The maximum Gasteiger partial charge on any atom is 1.00 e. The second-order valence-electron chi connectivity index (χ2n) is 25.6. The van der Waals surface area contributed by atoms with Gasteiger partial charge in [-0.3, -0.25) is 4.79 Å². The standard InChI is InChI=1S/C27H46O3.C26H46O2.C4H8O.Al.Li.4H/c1-6-27(29)16-15-25(3)19(17-27)8-9-20-22-11-10-21(18(2)7-12-24(28)30-5)26(22,4)14-13-23(20)25;1-5-26(28)15-14-24(3)19(17-26)8-9-20-22-11-10-21(18(2)7-6-16-27)25(22,4)13-12-23(20)24;1-2-4-5-3-1;;;;;;/h18-23,29H,6-17H2,1-5H3;18-23,27-28H,5-17H2,1-4H3;1-4H2;;;;;;/q;;;;+1;;;;-1/t18-,19+,20+,21-,22+,23+,25+,26-,27+;18-,19+,20+,21-,22+,23+,24+,25-,26+;;;;;;;/m11......./s1. The maximum atomic E-state index is 11.7. The van der Waals surface area contributed by atoms with Crippen LogP contribution in [0.25, 0.3) is 0 Å². The summed E-state index contributed by atoms with van der Waals surface area (Å²) in [5.41, 5.74) is 1.15. The molecule has 0 aromatic carbocycles. The zero-order valence-electron chi connectivity index (χ0n) is 44.5. The van der Waals surface area contributed by atoms with Crippen LogP contribution in [0.3, 0.4) is 0 Å². The monoisotopic (exact) mass is 919 g/mol. The first-order valence-corrected chi connectivity index (χ1v) is 27.6. The Bertz CT molecular complexity index is 1510. The summed E-state index contributed by atoms with van der Waals surface area (Å²) in [5, 5.41) is 31.2. The molecule has 8 aliphatic carbocycles. The van der Waals surface area contributed by atoms with Gasteiger partial charge in [-0.05, 0) is 253 Å². The number of carbonyl (C=O) groups is 1. The fourth-order valence-electron chi connectivity index (χ4n) is 19.0. The summed E-state index contributed by atoms with van der Waals surface area (Å²) in [6, 6.07) is 0. The molecule has 65 heavy (non-hydrogen) atoms. The van der Waals surface area contributed by atoms with E-state index in [1.807, 2.05) is 0 Å². The molecule has 1 aliphatic heterocycles. The number of ether oxygens (including phenoxy) is 2. The summed E-state index contributed by atoms with van der Waals surface area (Å²) in [6.07, 6.45) is 31.5. The van der Waals surface area contributed by atoms with Gasteiger partial charge >= 0.3 is 24.8 Å². The van der Waals surface area contributed by atoms with Crippen LogP contribution in [0, 0.1) is 92.7 Å². The van der Waals surface area contributed by atoms with Gasteiger partial charge in [-0.25, -0.2) is 0 Å². The Morgan fingerprint density at radius 3 is 1.45 bits per heavy atom. The van der Waals surface area contributed by atoms with E-state index in [4.69, 9.17) is 9.47 Å². The van der Waals surface area contributed by atoms with Crippen molar-refractivity contribution in [1.29, 1.82) is 0 Å². The number of carbonyl (C=O) groups excluding carboxylic acids is 1. The van der Waals surface area contributed by atoms with Gasteiger partial charge in [-0.15, -0.1) is 0 Å². The van der Waals surface area contributed by atoms with Crippen molar-refractivity contribution in [2.45, 2.75) is 234 Å². The molecule has 0 unspecified atom stereocenters. The second kappa shape index (κ2) is 22.9. The van der Waals surface area contributed by atoms with E-state index in [-0.39, 0.29) is 49.2 Å². The fraction of sp³-hybridized carbons (Fsp3) is 0.982. The van der Waals surface area contributed by atoms with E-state index in [1.54, 1.807) is 0 Å². The summed E-state index contributed by atoms with van der Waals surface area (Å²) >= 11 is 0. The SMILES string of the molecule is C1CCOC1.CC[C@]1(O)CC[C@@]2(C)[C@@H](CC[C@@H]3[C@@H]2CC[C@]2(C)[C@@H]([C@H](C)CCC(=O)OC)CC[C@@H]32)C1.CC[C@]1(O)CC[C@@]2(C)[C@@H](CC[C@@H]3[C@@H]2CC[C@]2(C)[C@@H]([C@H](C)CCCO)CC[C@@H]32)C1.[AlH3].[H-].[Li+]. The quantitative estimate of drug-likeness (QED) is 0.150. The normalized spacial score (nSPS) is 46.8. The predicted octanol–water partition coefficient (Wildman–Crippen LogP) is 9.30. The van der Waals surface area contributed by atoms with Crippen molar-refractivity contribution >= 4 is 23.3 Å². The van der Waals surface area contributed by atoms with E-state index < -0.39 is 5.60 Å². The Hall–Kier alpha value is 0.440. The third-order valence-electron chi connectivity index (χ3n) is 23.2. The van der Waals surface area contributed by atoms with Crippen LogP contribution in [-0.4, -0.2) is 76.8 Å². The molecule has 372 valence electrons. The molecular weight excluding hydrogens is 815 g/mol. The molecule has 8 saturated carbocycles. The van der Waals surface area contributed by atoms with E-state index in [0.29, 0.717) is 40.6 Å². The van der Waals surface area contributed by atoms with Crippen LogP contribution in [0.4, 0.5) is 0 Å².